The van der Waals surface area contributed by atoms with Crippen LogP contribution in [-0.4, -0.2) is 16.7 Å². The van der Waals surface area contributed by atoms with Gasteiger partial charge in [0.15, 0.2) is 0 Å². The molecule has 4 nitrogen and oxygen atoms in total. The number of ether oxygens (including phenoxy) is 1. The van der Waals surface area contributed by atoms with Crippen molar-refractivity contribution in [3.63, 3.8) is 0 Å². The Morgan fingerprint density at radius 3 is 2.43 bits per heavy atom. The molecule has 0 amide bonds. The van der Waals surface area contributed by atoms with Crippen LogP contribution in [0.25, 0.3) is 21.3 Å². The zero-order valence-electron chi connectivity index (χ0n) is 16.2. The number of benzene rings is 2. The van der Waals surface area contributed by atoms with Crippen LogP contribution in [-0.2, 0) is 6.54 Å². The lowest BCUT2D eigenvalue weighted by Crippen LogP contribution is -2.21. The van der Waals surface area contributed by atoms with E-state index in [0.29, 0.717) is 17.8 Å². The highest BCUT2D eigenvalue weighted by atomic mass is 32.1. The van der Waals surface area contributed by atoms with Crippen LogP contribution in [0.4, 0.5) is 0 Å². The molecule has 28 heavy (non-hydrogen) atoms. The molecule has 0 atom stereocenters. The third-order valence-electron chi connectivity index (χ3n) is 4.96. The minimum absolute atomic E-state index is 0.00926. The van der Waals surface area contributed by atoms with Crippen molar-refractivity contribution >= 4 is 21.6 Å². The smallest absolute Gasteiger partial charge is 0.263 e. The fourth-order valence-electron chi connectivity index (χ4n) is 3.27. The number of aromatic nitrogens is 2. The maximum atomic E-state index is 13.2. The molecule has 4 aromatic rings. The minimum atomic E-state index is -0.00926. The largest absolute Gasteiger partial charge is 0.497 e. The molecule has 142 valence electrons. The molecule has 0 unspecified atom stereocenters. The van der Waals surface area contributed by atoms with Crippen LogP contribution in [0.1, 0.15) is 30.9 Å². The average molecular weight is 391 g/mol. The Bertz CT molecular complexity index is 1160. The summed E-state index contributed by atoms with van der Waals surface area (Å²) in [5.41, 5.74) is 4.29. The van der Waals surface area contributed by atoms with Crippen molar-refractivity contribution < 1.29 is 4.74 Å². The molecule has 2 aromatic carbocycles. The number of fused-ring (bicyclic) bond motifs is 1. The van der Waals surface area contributed by atoms with Crippen LogP contribution >= 0.6 is 11.3 Å². The highest BCUT2D eigenvalue weighted by molar-refractivity contribution is 7.17. The lowest BCUT2D eigenvalue weighted by Gasteiger charge is -2.09. The fraction of sp³-hybridized carbons (Fsp3) is 0.217. The monoisotopic (exact) mass is 390 g/mol. The van der Waals surface area contributed by atoms with Gasteiger partial charge in [-0.1, -0.05) is 50.2 Å². The predicted octanol–water partition coefficient (Wildman–Crippen LogP) is 5.31. The van der Waals surface area contributed by atoms with E-state index in [-0.39, 0.29) is 5.56 Å². The average Bonchev–Trinajstić information content (AvgIpc) is 3.15. The Balaban J connectivity index is 1.72. The van der Waals surface area contributed by atoms with Crippen LogP contribution in [0.2, 0.25) is 0 Å². The van der Waals surface area contributed by atoms with Crippen molar-refractivity contribution in [3.05, 3.63) is 81.7 Å². The predicted molar refractivity (Wildman–Crippen MR) is 116 cm³/mol. The molecule has 0 fully saturated rings. The second kappa shape index (κ2) is 7.60. The summed E-state index contributed by atoms with van der Waals surface area (Å²) in [4.78, 5) is 18.5. The topological polar surface area (TPSA) is 44.1 Å². The number of hydrogen-bond acceptors (Lipinski definition) is 4. The Morgan fingerprint density at radius 1 is 1.07 bits per heavy atom. The molecule has 5 heteroatoms. The first kappa shape index (κ1) is 18.4. The van der Waals surface area contributed by atoms with Gasteiger partial charge in [-0.3, -0.25) is 9.36 Å². The summed E-state index contributed by atoms with van der Waals surface area (Å²) in [7, 11) is 1.64. The van der Waals surface area contributed by atoms with Crippen molar-refractivity contribution in [2.75, 3.05) is 7.11 Å². The summed E-state index contributed by atoms with van der Waals surface area (Å²) >= 11 is 1.50. The Hall–Kier alpha value is -2.92. The Kier molecular flexibility index (Phi) is 5.01. The number of thiophene rings is 1. The standard InChI is InChI=1S/C23H22N2O2S/c1-15(2)17-6-4-16(5-7-17)12-25-14-24-22-21(23(25)26)20(13-28-22)18-8-10-19(27-3)11-9-18/h4-11,13-15H,12H2,1-3H3. The third-order valence-corrected chi connectivity index (χ3v) is 5.85. The molecule has 2 aromatic heterocycles. The van der Waals surface area contributed by atoms with Crippen molar-refractivity contribution in [1.29, 1.82) is 0 Å². The van der Waals surface area contributed by atoms with Gasteiger partial charge in [-0.05, 0) is 34.7 Å². The zero-order chi connectivity index (χ0) is 19.7. The summed E-state index contributed by atoms with van der Waals surface area (Å²) in [6.45, 7) is 4.86. The minimum Gasteiger partial charge on any atom is -0.497 e. The van der Waals surface area contributed by atoms with Gasteiger partial charge in [0.1, 0.15) is 10.6 Å². The quantitative estimate of drug-likeness (QED) is 0.464. The summed E-state index contributed by atoms with van der Waals surface area (Å²) in [6, 6.07) is 16.2. The SMILES string of the molecule is COc1ccc(-c2csc3ncn(Cc4ccc(C(C)C)cc4)c(=O)c23)cc1. The van der Waals surface area contributed by atoms with E-state index in [4.69, 9.17) is 4.74 Å². The normalized spacial score (nSPS) is 11.3. The van der Waals surface area contributed by atoms with E-state index in [2.05, 4.69) is 43.1 Å². The van der Waals surface area contributed by atoms with Crippen LogP contribution in [0.15, 0.2) is 65.0 Å². The molecule has 0 radical (unpaired) electrons. The summed E-state index contributed by atoms with van der Waals surface area (Å²) < 4.78 is 6.92. The van der Waals surface area contributed by atoms with Crippen molar-refractivity contribution in [2.45, 2.75) is 26.3 Å². The first-order valence-corrected chi connectivity index (χ1v) is 10.1. The van der Waals surface area contributed by atoms with Gasteiger partial charge in [0, 0.05) is 10.9 Å². The van der Waals surface area contributed by atoms with E-state index in [1.165, 1.54) is 16.9 Å². The molecule has 2 heterocycles. The van der Waals surface area contributed by atoms with E-state index >= 15 is 0 Å². The highest BCUT2D eigenvalue weighted by Crippen LogP contribution is 2.31. The van der Waals surface area contributed by atoms with E-state index in [1.807, 2.05) is 29.6 Å². The maximum Gasteiger partial charge on any atom is 0.263 e. The Morgan fingerprint density at radius 2 is 1.79 bits per heavy atom. The summed E-state index contributed by atoms with van der Waals surface area (Å²) in [6.07, 6.45) is 1.65. The molecule has 0 saturated carbocycles. The van der Waals surface area contributed by atoms with E-state index < -0.39 is 0 Å². The van der Waals surface area contributed by atoms with E-state index in [1.54, 1.807) is 18.0 Å². The summed E-state index contributed by atoms with van der Waals surface area (Å²) in [5, 5.41) is 2.68. The first-order chi connectivity index (χ1) is 13.6. The third kappa shape index (κ3) is 3.45. The fourth-order valence-corrected chi connectivity index (χ4v) is 4.17. The van der Waals surface area contributed by atoms with Crippen LogP contribution in [0.5, 0.6) is 5.75 Å². The van der Waals surface area contributed by atoms with Crippen LogP contribution in [0.3, 0.4) is 0 Å². The number of hydrogen-bond donors (Lipinski definition) is 0. The molecule has 0 bridgehead atoms. The second-order valence-electron chi connectivity index (χ2n) is 7.13. The summed E-state index contributed by atoms with van der Waals surface area (Å²) in [5.74, 6) is 1.29. The highest BCUT2D eigenvalue weighted by Gasteiger charge is 2.13. The first-order valence-electron chi connectivity index (χ1n) is 9.26. The molecular weight excluding hydrogens is 368 g/mol. The van der Waals surface area contributed by atoms with Crippen LogP contribution in [0, 0.1) is 0 Å². The molecule has 0 aliphatic rings. The van der Waals surface area contributed by atoms with E-state index in [9.17, 15) is 4.79 Å². The van der Waals surface area contributed by atoms with Gasteiger partial charge >= 0.3 is 0 Å². The van der Waals surface area contributed by atoms with Gasteiger partial charge in [0.05, 0.1) is 25.4 Å². The van der Waals surface area contributed by atoms with Gasteiger partial charge in [0.25, 0.3) is 5.56 Å². The van der Waals surface area contributed by atoms with Crippen molar-refractivity contribution in [2.24, 2.45) is 0 Å². The number of nitrogens with zero attached hydrogens (tertiary/aromatic N) is 2. The van der Waals surface area contributed by atoms with Crippen molar-refractivity contribution in [1.82, 2.24) is 9.55 Å². The van der Waals surface area contributed by atoms with Gasteiger partial charge in [0.2, 0.25) is 0 Å². The molecule has 0 aliphatic carbocycles. The number of rotatable bonds is 5. The van der Waals surface area contributed by atoms with Gasteiger partial charge in [-0.2, -0.15) is 0 Å². The number of methoxy groups -OCH3 is 1. The second-order valence-corrected chi connectivity index (χ2v) is 7.99. The van der Waals surface area contributed by atoms with Crippen LogP contribution < -0.4 is 10.3 Å². The molecule has 0 N–H and O–H groups in total. The van der Waals surface area contributed by atoms with Gasteiger partial charge in [-0.15, -0.1) is 11.3 Å². The van der Waals surface area contributed by atoms with E-state index in [0.717, 1.165) is 27.3 Å². The van der Waals surface area contributed by atoms with Crippen molar-refractivity contribution in [3.8, 4) is 16.9 Å². The molecular formula is C23H22N2O2S. The molecule has 4 rings (SSSR count). The van der Waals surface area contributed by atoms with Gasteiger partial charge in [-0.25, -0.2) is 4.98 Å². The Labute approximate surface area is 168 Å². The lowest BCUT2D eigenvalue weighted by molar-refractivity contribution is 0.415. The van der Waals surface area contributed by atoms with Gasteiger partial charge < -0.3 is 4.74 Å². The maximum absolute atomic E-state index is 13.2. The zero-order valence-corrected chi connectivity index (χ0v) is 17.0. The lowest BCUT2D eigenvalue weighted by atomic mass is 10.0. The molecule has 0 spiro atoms. The molecule has 0 aliphatic heterocycles. The molecule has 0 saturated heterocycles.